The summed E-state index contributed by atoms with van der Waals surface area (Å²) in [5.41, 5.74) is 1.53. The van der Waals surface area contributed by atoms with Gasteiger partial charge in [0.15, 0.2) is 0 Å². The third-order valence-electron chi connectivity index (χ3n) is 2.83. The summed E-state index contributed by atoms with van der Waals surface area (Å²) in [6.45, 7) is 1.11. The Morgan fingerprint density at radius 1 is 1.58 bits per heavy atom. The van der Waals surface area contributed by atoms with Gasteiger partial charge in [0.25, 0.3) is 0 Å². The predicted molar refractivity (Wildman–Crippen MR) is 47.6 cm³/mol. The van der Waals surface area contributed by atoms with Crippen LogP contribution in [0.1, 0.15) is 12.8 Å². The first-order chi connectivity index (χ1) is 5.79. The highest BCUT2D eigenvalue weighted by Crippen LogP contribution is 2.46. The van der Waals surface area contributed by atoms with Crippen LogP contribution in [0, 0.1) is 0 Å². The minimum Gasteiger partial charge on any atom is -0.447 e. The molecule has 0 amide bonds. The number of hydrogen-bond acceptors (Lipinski definition) is 3. The van der Waals surface area contributed by atoms with Gasteiger partial charge in [0.05, 0.1) is 11.8 Å². The quantitative estimate of drug-likeness (QED) is 0.632. The van der Waals surface area contributed by atoms with E-state index in [1.807, 2.05) is 6.07 Å². The summed E-state index contributed by atoms with van der Waals surface area (Å²) >= 11 is 0. The maximum atomic E-state index is 5.35. The Bertz CT molecular complexity index is 314. The van der Waals surface area contributed by atoms with Gasteiger partial charge in [-0.05, 0) is 12.8 Å². The van der Waals surface area contributed by atoms with Gasteiger partial charge in [0, 0.05) is 19.7 Å². The molecule has 12 heavy (non-hydrogen) atoms. The van der Waals surface area contributed by atoms with Crippen LogP contribution in [0.4, 0.5) is 11.6 Å². The molecule has 1 fully saturated rings. The molecule has 1 aromatic rings. The Kier molecular flexibility index (Phi) is 0.953. The standard InChI is InChI=1S/C9H12N2O/c1-11-6-9(3-4-9)10-8-7(11)2-5-12-8/h2,5,10H,3-4,6H2,1H3. The van der Waals surface area contributed by atoms with Gasteiger partial charge < -0.3 is 14.6 Å². The molecule has 1 spiro atoms. The molecule has 1 aromatic heterocycles. The number of nitrogens with zero attached hydrogens (tertiary/aromatic N) is 1. The molecule has 3 heteroatoms. The van der Waals surface area contributed by atoms with Gasteiger partial charge in [-0.3, -0.25) is 0 Å². The van der Waals surface area contributed by atoms with Crippen molar-refractivity contribution in [2.24, 2.45) is 0 Å². The predicted octanol–water partition coefficient (Wildman–Crippen LogP) is 1.67. The van der Waals surface area contributed by atoms with Gasteiger partial charge >= 0.3 is 0 Å². The molecule has 0 bridgehead atoms. The zero-order valence-corrected chi connectivity index (χ0v) is 7.13. The number of rotatable bonds is 0. The minimum atomic E-state index is 0.347. The lowest BCUT2D eigenvalue weighted by atomic mass is 10.2. The molecule has 1 aliphatic heterocycles. The lowest BCUT2D eigenvalue weighted by Gasteiger charge is -2.31. The van der Waals surface area contributed by atoms with E-state index in [-0.39, 0.29) is 0 Å². The van der Waals surface area contributed by atoms with E-state index in [4.69, 9.17) is 4.42 Å². The van der Waals surface area contributed by atoms with Crippen LogP contribution in [-0.2, 0) is 0 Å². The van der Waals surface area contributed by atoms with Crippen molar-refractivity contribution in [3.05, 3.63) is 12.3 Å². The number of anilines is 2. The molecule has 1 aliphatic carbocycles. The molecule has 2 heterocycles. The summed E-state index contributed by atoms with van der Waals surface area (Å²) < 4.78 is 5.35. The second-order valence-corrected chi connectivity index (χ2v) is 3.90. The maximum Gasteiger partial charge on any atom is 0.216 e. The molecule has 0 radical (unpaired) electrons. The third kappa shape index (κ3) is 0.709. The Hall–Kier alpha value is -1.12. The van der Waals surface area contributed by atoms with Crippen molar-refractivity contribution in [2.75, 3.05) is 23.8 Å². The highest BCUT2D eigenvalue weighted by molar-refractivity contribution is 5.68. The molecular formula is C9H12N2O. The Labute approximate surface area is 71.3 Å². The lowest BCUT2D eigenvalue weighted by Crippen LogP contribution is -2.40. The third-order valence-corrected chi connectivity index (χ3v) is 2.83. The highest BCUT2D eigenvalue weighted by Gasteiger charge is 2.47. The van der Waals surface area contributed by atoms with Crippen LogP contribution in [0.25, 0.3) is 0 Å². The summed E-state index contributed by atoms with van der Waals surface area (Å²) in [4.78, 5) is 2.27. The molecule has 0 aromatic carbocycles. The fraction of sp³-hybridized carbons (Fsp3) is 0.556. The van der Waals surface area contributed by atoms with E-state index < -0.39 is 0 Å². The number of likely N-dealkylation sites (N-methyl/N-ethyl adjacent to an activating group) is 1. The molecular weight excluding hydrogens is 152 g/mol. The first-order valence-corrected chi connectivity index (χ1v) is 4.36. The molecule has 0 unspecified atom stereocenters. The first-order valence-electron chi connectivity index (χ1n) is 4.36. The Balaban J connectivity index is 2.04. The molecule has 2 aliphatic rings. The number of fused-ring (bicyclic) bond motifs is 1. The van der Waals surface area contributed by atoms with Gasteiger partial charge in [0.2, 0.25) is 5.88 Å². The van der Waals surface area contributed by atoms with Crippen LogP contribution in [0.5, 0.6) is 0 Å². The van der Waals surface area contributed by atoms with Crippen LogP contribution in [0.15, 0.2) is 16.7 Å². The number of nitrogens with one attached hydrogen (secondary N) is 1. The molecule has 64 valence electrons. The average Bonchev–Trinajstić information content (AvgIpc) is 2.63. The fourth-order valence-corrected chi connectivity index (χ4v) is 1.95. The van der Waals surface area contributed by atoms with Crippen molar-refractivity contribution in [3.8, 4) is 0 Å². The van der Waals surface area contributed by atoms with Gasteiger partial charge in [-0.2, -0.15) is 0 Å². The van der Waals surface area contributed by atoms with Crippen molar-refractivity contribution < 1.29 is 4.42 Å². The molecule has 0 saturated heterocycles. The van der Waals surface area contributed by atoms with Crippen LogP contribution < -0.4 is 10.2 Å². The lowest BCUT2D eigenvalue weighted by molar-refractivity contribution is 0.549. The van der Waals surface area contributed by atoms with Gasteiger partial charge in [-0.25, -0.2) is 0 Å². The largest absolute Gasteiger partial charge is 0.447 e. The van der Waals surface area contributed by atoms with E-state index in [0.29, 0.717) is 5.54 Å². The van der Waals surface area contributed by atoms with Crippen molar-refractivity contribution in [3.63, 3.8) is 0 Å². The zero-order chi connectivity index (χ0) is 8.18. The summed E-state index contributed by atoms with van der Waals surface area (Å²) in [6, 6.07) is 2.01. The van der Waals surface area contributed by atoms with E-state index in [1.54, 1.807) is 6.26 Å². The van der Waals surface area contributed by atoms with E-state index in [2.05, 4.69) is 17.3 Å². The van der Waals surface area contributed by atoms with Crippen molar-refractivity contribution in [1.29, 1.82) is 0 Å². The van der Waals surface area contributed by atoms with Crippen LogP contribution in [0.3, 0.4) is 0 Å². The van der Waals surface area contributed by atoms with Gasteiger partial charge in [-0.15, -0.1) is 0 Å². The molecule has 3 rings (SSSR count). The van der Waals surface area contributed by atoms with Crippen LogP contribution >= 0.6 is 0 Å². The Morgan fingerprint density at radius 3 is 3.17 bits per heavy atom. The van der Waals surface area contributed by atoms with Crippen molar-refractivity contribution in [1.82, 2.24) is 0 Å². The monoisotopic (exact) mass is 164 g/mol. The van der Waals surface area contributed by atoms with Crippen molar-refractivity contribution >= 4 is 11.6 Å². The van der Waals surface area contributed by atoms with Gasteiger partial charge in [-0.1, -0.05) is 0 Å². The minimum absolute atomic E-state index is 0.347. The van der Waals surface area contributed by atoms with Crippen LogP contribution in [-0.4, -0.2) is 19.1 Å². The average molecular weight is 164 g/mol. The van der Waals surface area contributed by atoms with E-state index in [0.717, 1.165) is 12.4 Å². The first kappa shape index (κ1) is 6.40. The number of hydrogen-bond donors (Lipinski definition) is 1. The van der Waals surface area contributed by atoms with E-state index in [1.165, 1.54) is 18.5 Å². The second kappa shape index (κ2) is 1.79. The molecule has 0 atom stereocenters. The van der Waals surface area contributed by atoms with E-state index in [9.17, 15) is 0 Å². The van der Waals surface area contributed by atoms with Crippen molar-refractivity contribution in [2.45, 2.75) is 18.4 Å². The summed E-state index contributed by atoms with van der Waals surface area (Å²) in [5, 5.41) is 3.45. The van der Waals surface area contributed by atoms with Crippen LogP contribution in [0.2, 0.25) is 0 Å². The zero-order valence-electron chi connectivity index (χ0n) is 7.13. The normalized spacial score (nSPS) is 23.6. The van der Waals surface area contributed by atoms with E-state index >= 15 is 0 Å². The second-order valence-electron chi connectivity index (χ2n) is 3.90. The number of furan rings is 1. The fourth-order valence-electron chi connectivity index (χ4n) is 1.95. The highest BCUT2D eigenvalue weighted by atomic mass is 16.3. The summed E-state index contributed by atoms with van der Waals surface area (Å²) in [6.07, 6.45) is 4.30. The topological polar surface area (TPSA) is 28.4 Å². The summed E-state index contributed by atoms with van der Waals surface area (Å²) in [7, 11) is 2.12. The summed E-state index contributed by atoms with van der Waals surface area (Å²) in [5.74, 6) is 0.946. The Morgan fingerprint density at radius 2 is 2.42 bits per heavy atom. The maximum absolute atomic E-state index is 5.35. The SMILES string of the molecule is CN1CC2(CC2)Nc2occc21. The molecule has 1 saturated carbocycles. The molecule has 1 N–H and O–H groups in total. The smallest absolute Gasteiger partial charge is 0.216 e. The van der Waals surface area contributed by atoms with Gasteiger partial charge in [0.1, 0.15) is 5.69 Å². The molecule has 3 nitrogen and oxygen atoms in total.